The quantitative estimate of drug-likeness (QED) is 0.337. The van der Waals surface area contributed by atoms with Gasteiger partial charge in [0.05, 0.1) is 17.6 Å². The van der Waals surface area contributed by atoms with Gasteiger partial charge in [-0.05, 0) is 47.9 Å². The van der Waals surface area contributed by atoms with Crippen molar-refractivity contribution in [3.05, 3.63) is 64.6 Å². The standard InChI is InChI=1S/C24H24N2O6S2/c1-2-21(28)25-17(14-27)11-15-3-7-18(8-4-15)32-19-9-5-16(6-10-19)12-20-23(31)26(13-22(29)30)24(33)34-20/h3-10,12,17,27H,2,11,13-14H2,1H3,(H,25,28)(H,29,30)/b20-12-. The van der Waals surface area contributed by atoms with E-state index in [4.69, 9.17) is 22.1 Å². The topological polar surface area (TPSA) is 116 Å². The van der Waals surface area contributed by atoms with Crippen molar-refractivity contribution in [2.45, 2.75) is 25.8 Å². The molecule has 0 spiro atoms. The summed E-state index contributed by atoms with van der Waals surface area (Å²) >= 11 is 6.17. The molecule has 2 amide bonds. The molecular weight excluding hydrogens is 476 g/mol. The first kappa shape index (κ1) is 25.4. The second-order valence-electron chi connectivity index (χ2n) is 7.48. The number of carbonyl (C=O) groups excluding carboxylic acids is 2. The number of rotatable bonds is 10. The Morgan fingerprint density at radius 3 is 2.32 bits per heavy atom. The van der Waals surface area contributed by atoms with Gasteiger partial charge in [-0.3, -0.25) is 19.3 Å². The van der Waals surface area contributed by atoms with Crippen LogP contribution in [0.1, 0.15) is 24.5 Å². The number of hydrogen-bond donors (Lipinski definition) is 3. The maximum absolute atomic E-state index is 12.4. The summed E-state index contributed by atoms with van der Waals surface area (Å²) < 4.78 is 6.09. The van der Waals surface area contributed by atoms with Crippen molar-refractivity contribution in [1.29, 1.82) is 0 Å². The van der Waals surface area contributed by atoms with Crippen LogP contribution >= 0.6 is 24.0 Å². The lowest BCUT2D eigenvalue weighted by Crippen LogP contribution is -2.38. The van der Waals surface area contributed by atoms with E-state index in [1.807, 2.05) is 24.3 Å². The molecule has 0 aliphatic carbocycles. The molecule has 1 heterocycles. The number of aliphatic carboxylic acids is 1. The molecule has 2 aromatic rings. The van der Waals surface area contributed by atoms with Crippen molar-refractivity contribution in [2.24, 2.45) is 0 Å². The van der Waals surface area contributed by atoms with Crippen molar-refractivity contribution in [2.75, 3.05) is 13.2 Å². The molecule has 8 nitrogen and oxygen atoms in total. The number of thioether (sulfide) groups is 1. The molecule has 0 radical (unpaired) electrons. The van der Waals surface area contributed by atoms with Crippen LogP contribution in [0, 0.1) is 0 Å². The van der Waals surface area contributed by atoms with E-state index in [2.05, 4.69) is 5.32 Å². The van der Waals surface area contributed by atoms with Crippen molar-refractivity contribution < 1.29 is 29.3 Å². The van der Waals surface area contributed by atoms with Crippen LogP contribution in [0.2, 0.25) is 0 Å². The molecule has 1 fully saturated rings. The van der Waals surface area contributed by atoms with Crippen molar-refractivity contribution in [3.8, 4) is 11.5 Å². The lowest BCUT2D eigenvalue weighted by atomic mass is 10.1. The highest BCUT2D eigenvalue weighted by Gasteiger charge is 2.33. The van der Waals surface area contributed by atoms with Crippen LogP contribution in [0.3, 0.4) is 0 Å². The summed E-state index contributed by atoms with van der Waals surface area (Å²) in [6.45, 7) is 1.17. The van der Waals surface area contributed by atoms with E-state index >= 15 is 0 Å². The van der Waals surface area contributed by atoms with Gasteiger partial charge in [0.1, 0.15) is 22.4 Å². The van der Waals surface area contributed by atoms with Gasteiger partial charge >= 0.3 is 5.97 Å². The Morgan fingerprint density at radius 1 is 1.15 bits per heavy atom. The molecule has 34 heavy (non-hydrogen) atoms. The zero-order valence-electron chi connectivity index (χ0n) is 18.4. The third-order valence-electron chi connectivity index (χ3n) is 4.89. The summed E-state index contributed by atoms with van der Waals surface area (Å²) in [6, 6.07) is 14.1. The second kappa shape index (κ2) is 11.8. The Bertz CT molecular complexity index is 1100. The van der Waals surface area contributed by atoms with Crippen molar-refractivity contribution in [3.63, 3.8) is 0 Å². The zero-order valence-corrected chi connectivity index (χ0v) is 20.0. The molecule has 1 aliphatic rings. The number of amides is 2. The van der Waals surface area contributed by atoms with Gasteiger partial charge in [0.25, 0.3) is 5.91 Å². The maximum Gasteiger partial charge on any atom is 0.323 e. The Morgan fingerprint density at radius 2 is 1.76 bits per heavy atom. The minimum Gasteiger partial charge on any atom is -0.480 e. The summed E-state index contributed by atoms with van der Waals surface area (Å²) in [5, 5.41) is 21.2. The largest absolute Gasteiger partial charge is 0.480 e. The number of nitrogens with zero attached hydrogens (tertiary/aromatic N) is 1. The predicted octanol–water partition coefficient (Wildman–Crippen LogP) is 3.19. The lowest BCUT2D eigenvalue weighted by molar-refractivity contribution is -0.140. The van der Waals surface area contributed by atoms with Gasteiger partial charge in [-0.25, -0.2) is 0 Å². The van der Waals surface area contributed by atoms with Crippen LogP contribution in [0.25, 0.3) is 6.08 Å². The number of thiocarbonyl (C=S) groups is 1. The highest BCUT2D eigenvalue weighted by Crippen LogP contribution is 2.32. The van der Waals surface area contributed by atoms with Gasteiger partial charge in [0.2, 0.25) is 5.91 Å². The average Bonchev–Trinajstić information content (AvgIpc) is 3.07. The number of hydrogen-bond acceptors (Lipinski definition) is 7. The second-order valence-corrected chi connectivity index (χ2v) is 9.16. The monoisotopic (exact) mass is 500 g/mol. The first-order chi connectivity index (χ1) is 16.3. The van der Waals surface area contributed by atoms with Crippen LogP contribution in [0.5, 0.6) is 11.5 Å². The van der Waals surface area contributed by atoms with E-state index in [0.29, 0.717) is 29.2 Å². The number of aliphatic hydroxyl groups is 1. The fourth-order valence-electron chi connectivity index (χ4n) is 3.16. The first-order valence-corrected chi connectivity index (χ1v) is 11.8. The molecule has 1 aliphatic heterocycles. The maximum atomic E-state index is 12.4. The van der Waals surface area contributed by atoms with E-state index in [0.717, 1.165) is 27.8 Å². The van der Waals surface area contributed by atoms with Crippen LogP contribution in [-0.4, -0.2) is 56.4 Å². The summed E-state index contributed by atoms with van der Waals surface area (Å²) in [4.78, 5) is 36.3. The van der Waals surface area contributed by atoms with E-state index in [9.17, 15) is 19.5 Å². The van der Waals surface area contributed by atoms with Gasteiger partial charge in [0, 0.05) is 6.42 Å². The minimum absolute atomic E-state index is 0.103. The molecule has 3 rings (SSSR count). The molecule has 0 saturated carbocycles. The van der Waals surface area contributed by atoms with Gasteiger partial charge in [-0.15, -0.1) is 0 Å². The van der Waals surface area contributed by atoms with Crippen LogP contribution in [0.4, 0.5) is 0 Å². The number of aliphatic hydroxyl groups excluding tert-OH is 1. The lowest BCUT2D eigenvalue weighted by Gasteiger charge is -2.16. The number of carboxylic acid groups (broad SMARTS) is 1. The number of carboxylic acids is 1. The first-order valence-electron chi connectivity index (χ1n) is 10.5. The molecule has 1 saturated heterocycles. The Hall–Kier alpha value is -3.21. The minimum atomic E-state index is -1.12. The fraction of sp³-hybridized carbons (Fsp3) is 0.250. The smallest absolute Gasteiger partial charge is 0.323 e. The Balaban J connectivity index is 1.60. The summed E-state index contributed by atoms with van der Waals surface area (Å²) in [5.74, 6) is -0.413. The number of benzene rings is 2. The molecule has 178 valence electrons. The average molecular weight is 501 g/mol. The molecular formula is C24H24N2O6S2. The molecule has 10 heteroatoms. The fourth-order valence-corrected chi connectivity index (χ4v) is 4.42. The third kappa shape index (κ3) is 6.89. The normalized spacial score (nSPS) is 15.5. The highest BCUT2D eigenvalue weighted by molar-refractivity contribution is 8.26. The molecule has 2 aromatic carbocycles. The summed E-state index contributed by atoms with van der Waals surface area (Å²) in [7, 11) is 0. The van der Waals surface area contributed by atoms with Gasteiger partial charge in [-0.2, -0.15) is 0 Å². The molecule has 1 atom stereocenters. The third-order valence-corrected chi connectivity index (χ3v) is 6.27. The number of carbonyl (C=O) groups is 3. The van der Waals surface area contributed by atoms with Gasteiger partial charge in [0.15, 0.2) is 0 Å². The zero-order chi connectivity index (χ0) is 24.7. The van der Waals surface area contributed by atoms with Crippen molar-refractivity contribution >= 4 is 52.2 Å². The molecule has 3 N–H and O–H groups in total. The Labute approximate surface area is 206 Å². The van der Waals surface area contributed by atoms with Crippen LogP contribution in [0.15, 0.2) is 53.4 Å². The van der Waals surface area contributed by atoms with E-state index in [1.54, 1.807) is 37.3 Å². The SMILES string of the molecule is CCC(=O)NC(CO)Cc1ccc(Oc2ccc(/C=C3\SC(=S)N(CC(=O)O)C3=O)cc2)cc1. The van der Waals surface area contributed by atoms with E-state index in [-0.39, 0.29) is 22.9 Å². The van der Waals surface area contributed by atoms with Crippen LogP contribution in [-0.2, 0) is 20.8 Å². The number of ether oxygens (including phenoxy) is 1. The Kier molecular flexibility index (Phi) is 8.80. The predicted molar refractivity (Wildman–Crippen MR) is 133 cm³/mol. The summed E-state index contributed by atoms with van der Waals surface area (Å²) in [6.07, 6.45) is 2.54. The van der Waals surface area contributed by atoms with Gasteiger partial charge < -0.3 is 20.3 Å². The van der Waals surface area contributed by atoms with Crippen molar-refractivity contribution in [1.82, 2.24) is 10.2 Å². The molecule has 1 unspecified atom stereocenters. The van der Waals surface area contributed by atoms with Gasteiger partial charge in [-0.1, -0.05) is 55.2 Å². The molecule has 0 bridgehead atoms. The summed E-state index contributed by atoms with van der Waals surface area (Å²) in [5.41, 5.74) is 1.71. The van der Waals surface area contributed by atoms with E-state index in [1.165, 1.54) is 0 Å². The van der Waals surface area contributed by atoms with Crippen LogP contribution < -0.4 is 10.1 Å². The molecule has 0 aromatic heterocycles. The number of nitrogens with one attached hydrogen (secondary N) is 1. The highest BCUT2D eigenvalue weighted by atomic mass is 32.2. The van der Waals surface area contributed by atoms with E-state index < -0.39 is 18.4 Å².